The molecule has 0 aliphatic heterocycles. The standard InChI is InChI=1S/C16H27NO4.ClH/c1-12(2)21-10-6-9-17-11-13-7-8-14(18-3)16(20-5)15(13)19-4;/h7-8,12,17H,6,9-11H2,1-5H3;1H. The molecule has 22 heavy (non-hydrogen) atoms. The molecule has 5 nitrogen and oxygen atoms in total. The number of halogens is 1. The van der Waals surface area contributed by atoms with Crippen LogP contribution in [0.1, 0.15) is 25.8 Å². The zero-order valence-electron chi connectivity index (χ0n) is 14.1. The first kappa shape index (κ1) is 20.8. The Morgan fingerprint density at radius 2 is 1.68 bits per heavy atom. The maximum atomic E-state index is 5.50. The molecule has 0 aliphatic carbocycles. The van der Waals surface area contributed by atoms with E-state index in [9.17, 15) is 0 Å². The van der Waals surface area contributed by atoms with Gasteiger partial charge in [0.05, 0.1) is 27.4 Å². The molecule has 0 bridgehead atoms. The van der Waals surface area contributed by atoms with Crippen LogP contribution in [0.2, 0.25) is 0 Å². The molecular weight excluding hydrogens is 306 g/mol. The highest BCUT2D eigenvalue weighted by atomic mass is 35.5. The zero-order chi connectivity index (χ0) is 15.7. The van der Waals surface area contributed by atoms with Gasteiger partial charge in [-0.1, -0.05) is 6.07 Å². The summed E-state index contributed by atoms with van der Waals surface area (Å²) in [6.45, 7) is 6.47. The van der Waals surface area contributed by atoms with Crippen LogP contribution in [0.4, 0.5) is 0 Å². The van der Waals surface area contributed by atoms with Crippen molar-refractivity contribution in [3.63, 3.8) is 0 Å². The van der Waals surface area contributed by atoms with E-state index in [4.69, 9.17) is 18.9 Å². The van der Waals surface area contributed by atoms with Gasteiger partial charge in [-0.15, -0.1) is 12.4 Å². The third-order valence-corrected chi connectivity index (χ3v) is 3.05. The summed E-state index contributed by atoms with van der Waals surface area (Å²) in [5.41, 5.74) is 1.04. The Labute approximate surface area is 139 Å². The SMILES string of the molecule is COc1ccc(CNCCCOC(C)C)c(OC)c1OC.Cl. The largest absolute Gasteiger partial charge is 0.493 e. The molecule has 6 heteroatoms. The maximum Gasteiger partial charge on any atom is 0.203 e. The van der Waals surface area contributed by atoms with Crippen LogP contribution in [0, 0.1) is 0 Å². The Morgan fingerprint density at radius 1 is 1.00 bits per heavy atom. The summed E-state index contributed by atoms with van der Waals surface area (Å²) in [5, 5.41) is 3.38. The van der Waals surface area contributed by atoms with E-state index in [1.165, 1.54) is 0 Å². The van der Waals surface area contributed by atoms with Gasteiger partial charge in [0.2, 0.25) is 5.75 Å². The van der Waals surface area contributed by atoms with Crippen LogP contribution in [0.3, 0.4) is 0 Å². The molecule has 0 saturated carbocycles. The molecule has 0 spiro atoms. The maximum absolute atomic E-state index is 5.50. The van der Waals surface area contributed by atoms with Crippen molar-refractivity contribution in [2.45, 2.75) is 32.9 Å². The van der Waals surface area contributed by atoms with Gasteiger partial charge in [0.25, 0.3) is 0 Å². The van der Waals surface area contributed by atoms with Gasteiger partial charge in [0.1, 0.15) is 0 Å². The molecule has 0 atom stereocenters. The lowest BCUT2D eigenvalue weighted by Gasteiger charge is -2.16. The summed E-state index contributed by atoms with van der Waals surface area (Å²) in [6, 6.07) is 3.87. The van der Waals surface area contributed by atoms with E-state index in [2.05, 4.69) is 5.32 Å². The van der Waals surface area contributed by atoms with E-state index in [1.54, 1.807) is 21.3 Å². The Kier molecular flexibility index (Phi) is 10.8. The van der Waals surface area contributed by atoms with E-state index >= 15 is 0 Å². The van der Waals surface area contributed by atoms with Crippen LogP contribution in [-0.4, -0.2) is 40.6 Å². The normalized spacial score (nSPS) is 10.3. The van der Waals surface area contributed by atoms with Gasteiger partial charge < -0.3 is 24.3 Å². The van der Waals surface area contributed by atoms with Gasteiger partial charge in [-0.2, -0.15) is 0 Å². The van der Waals surface area contributed by atoms with Gasteiger partial charge in [0, 0.05) is 18.7 Å². The van der Waals surface area contributed by atoms with Crippen molar-refractivity contribution in [3.8, 4) is 17.2 Å². The van der Waals surface area contributed by atoms with Crippen molar-refractivity contribution in [2.24, 2.45) is 0 Å². The van der Waals surface area contributed by atoms with Crippen LogP contribution in [-0.2, 0) is 11.3 Å². The molecule has 128 valence electrons. The molecule has 0 heterocycles. The summed E-state index contributed by atoms with van der Waals surface area (Å²) in [5.74, 6) is 2.01. The molecule has 0 amide bonds. The zero-order valence-corrected chi connectivity index (χ0v) is 14.9. The Hall–Kier alpha value is -1.17. The lowest BCUT2D eigenvalue weighted by molar-refractivity contribution is 0.0770. The Bertz CT molecular complexity index is 427. The minimum absolute atomic E-state index is 0. The number of rotatable bonds is 10. The predicted octanol–water partition coefficient (Wildman–Crippen LogP) is 3.04. The van der Waals surface area contributed by atoms with Gasteiger partial charge in [0.15, 0.2) is 11.5 Å². The smallest absolute Gasteiger partial charge is 0.203 e. The van der Waals surface area contributed by atoms with Gasteiger partial charge in [-0.25, -0.2) is 0 Å². The first-order valence-electron chi connectivity index (χ1n) is 7.24. The van der Waals surface area contributed by atoms with Crippen molar-refractivity contribution >= 4 is 12.4 Å². The molecule has 0 aromatic heterocycles. The summed E-state index contributed by atoms with van der Waals surface area (Å²) < 4.78 is 21.6. The quantitative estimate of drug-likeness (QED) is 0.667. The molecule has 1 rings (SSSR count). The lowest BCUT2D eigenvalue weighted by atomic mass is 10.1. The molecule has 0 fully saturated rings. The first-order chi connectivity index (χ1) is 10.1. The molecule has 1 N–H and O–H groups in total. The van der Waals surface area contributed by atoms with E-state index in [0.717, 1.165) is 25.1 Å². The Balaban J connectivity index is 0.00000441. The number of nitrogens with one attached hydrogen (secondary N) is 1. The van der Waals surface area contributed by atoms with Crippen molar-refractivity contribution in [2.75, 3.05) is 34.5 Å². The third-order valence-electron chi connectivity index (χ3n) is 3.05. The topological polar surface area (TPSA) is 49.0 Å². The fourth-order valence-electron chi connectivity index (χ4n) is 2.04. The van der Waals surface area contributed by atoms with E-state index in [1.807, 2.05) is 26.0 Å². The van der Waals surface area contributed by atoms with Crippen molar-refractivity contribution in [3.05, 3.63) is 17.7 Å². The molecule has 0 aliphatic rings. The molecule has 0 saturated heterocycles. The summed E-state index contributed by atoms with van der Waals surface area (Å²) in [7, 11) is 4.86. The molecule has 0 unspecified atom stereocenters. The Morgan fingerprint density at radius 3 is 2.23 bits per heavy atom. The number of hydrogen-bond donors (Lipinski definition) is 1. The molecule has 1 aromatic rings. The van der Waals surface area contributed by atoms with Crippen molar-refractivity contribution < 1.29 is 18.9 Å². The average molecular weight is 334 g/mol. The molecular formula is C16H28ClNO4. The van der Waals surface area contributed by atoms with Crippen LogP contribution in [0.5, 0.6) is 17.2 Å². The average Bonchev–Trinajstić information content (AvgIpc) is 2.49. The number of benzene rings is 1. The van der Waals surface area contributed by atoms with Crippen molar-refractivity contribution in [1.29, 1.82) is 0 Å². The summed E-state index contributed by atoms with van der Waals surface area (Å²) in [6.07, 6.45) is 1.27. The molecule has 0 radical (unpaired) electrons. The second kappa shape index (κ2) is 11.4. The van der Waals surface area contributed by atoms with Crippen LogP contribution < -0.4 is 19.5 Å². The lowest BCUT2D eigenvalue weighted by Crippen LogP contribution is -2.18. The second-order valence-corrected chi connectivity index (χ2v) is 4.94. The summed E-state index contributed by atoms with van der Waals surface area (Å²) in [4.78, 5) is 0. The fraction of sp³-hybridized carbons (Fsp3) is 0.625. The fourth-order valence-corrected chi connectivity index (χ4v) is 2.04. The van der Waals surface area contributed by atoms with Crippen molar-refractivity contribution in [1.82, 2.24) is 5.32 Å². The first-order valence-corrected chi connectivity index (χ1v) is 7.24. The van der Waals surface area contributed by atoms with Crippen LogP contribution >= 0.6 is 12.4 Å². The minimum Gasteiger partial charge on any atom is -0.493 e. The van der Waals surface area contributed by atoms with Gasteiger partial charge in [-0.3, -0.25) is 0 Å². The van der Waals surface area contributed by atoms with E-state index in [-0.39, 0.29) is 18.5 Å². The van der Waals surface area contributed by atoms with E-state index in [0.29, 0.717) is 23.8 Å². The van der Waals surface area contributed by atoms with Gasteiger partial charge in [-0.05, 0) is 32.9 Å². The second-order valence-electron chi connectivity index (χ2n) is 4.94. The predicted molar refractivity (Wildman–Crippen MR) is 90.8 cm³/mol. The highest BCUT2D eigenvalue weighted by molar-refractivity contribution is 5.85. The van der Waals surface area contributed by atoms with E-state index < -0.39 is 0 Å². The monoisotopic (exact) mass is 333 g/mol. The molecule has 1 aromatic carbocycles. The number of ether oxygens (including phenoxy) is 4. The highest BCUT2D eigenvalue weighted by Gasteiger charge is 2.15. The van der Waals surface area contributed by atoms with Crippen LogP contribution in [0.25, 0.3) is 0 Å². The number of methoxy groups -OCH3 is 3. The van der Waals surface area contributed by atoms with Gasteiger partial charge >= 0.3 is 0 Å². The number of hydrogen-bond acceptors (Lipinski definition) is 5. The highest BCUT2D eigenvalue weighted by Crippen LogP contribution is 2.39. The van der Waals surface area contributed by atoms with Crippen LogP contribution in [0.15, 0.2) is 12.1 Å². The summed E-state index contributed by atoms with van der Waals surface area (Å²) >= 11 is 0. The third kappa shape index (κ3) is 6.30. The minimum atomic E-state index is 0.